The van der Waals surface area contributed by atoms with Crippen LogP contribution in [0.25, 0.3) is 0 Å². The highest BCUT2D eigenvalue weighted by Crippen LogP contribution is 2.40. The second-order valence-corrected chi connectivity index (χ2v) is 8.58. The number of thioether (sulfide) groups is 1. The monoisotopic (exact) mass is 314 g/mol. The molecule has 21 heavy (non-hydrogen) atoms. The molecule has 0 saturated heterocycles. The van der Waals surface area contributed by atoms with Crippen molar-refractivity contribution in [1.82, 2.24) is 10.2 Å². The molecule has 0 radical (unpaired) electrons. The summed E-state index contributed by atoms with van der Waals surface area (Å²) in [5.74, 6) is 2.15. The molecular weight excluding hydrogens is 276 g/mol. The van der Waals surface area contributed by atoms with E-state index in [0.717, 1.165) is 12.0 Å². The molecular formula is C18H38N2S. The number of rotatable bonds is 9. The van der Waals surface area contributed by atoms with E-state index < -0.39 is 0 Å². The van der Waals surface area contributed by atoms with Gasteiger partial charge in [0.25, 0.3) is 0 Å². The predicted octanol–water partition coefficient (Wildman–Crippen LogP) is 4.25. The van der Waals surface area contributed by atoms with Gasteiger partial charge in [0.1, 0.15) is 0 Å². The lowest BCUT2D eigenvalue weighted by molar-refractivity contribution is 0.0742. The summed E-state index contributed by atoms with van der Waals surface area (Å²) in [6, 6.07) is 1.32. The minimum atomic E-state index is 0.489. The van der Waals surface area contributed by atoms with Crippen LogP contribution in [0.3, 0.4) is 0 Å². The van der Waals surface area contributed by atoms with Gasteiger partial charge >= 0.3 is 0 Å². The smallest absolute Gasteiger partial charge is 0.0180 e. The Balaban J connectivity index is 2.71. The maximum Gasteiger partial charge on any atom is 0.0180 e. The van der Waals surface area contributed by atoms with E-state index >= 15 is 0 Å². The van der Waals surface area contributed by atoms with Crippen molar-refractivity contribution >= 4 is 11.8 Å². The molecule has 0 heterocycles. The van der Waals surface area contributed by atoms with E-state index in [4.69, 9.17) is 0 Å². The molecule has 2 nitrogen and oxygen atoms in total. The summed E-state index contributed by atoms with van der Waals surface area (Å²) in [5, 5.41) is 3.74. The van der Waals surface area contributed by atoms with Gasteiger partial charge in [-0.3, -0.25) is 0 Å². The first-order chi connectivity index (χ1) is 9.92. The van der Waals surface area contributed by atoms with E-state index in [2.05, 4.69) is 51.2 Å². The molecule has 1 saturated carbocycles. The molecule has 3 heteroatoms. The molecule has 0 aromatic rings. The Morgan fingerprint density at radius 2 is 2.10 bits per heavy atom. The van der Waals surface area contributed by atoms with Crippen LogP contribution in [-0.4, -0.2) is 49.1 Å². The minimum absolute atomic E-state index is 0.489. The molecule has 0 aromatic carbocycles. The molecule has 0 aromatic heterocycles. The fourth-order valence-corrected chi connectivity index (χ4v) is 4.83. The number of nitrogens with zero attached hydrogens (tertiary/aromatic N) is 1. The SMILES string of the molecule is CCC(CSC)N(C)CC1(CNC(C)C)CCCC(C)C1. The molecule has 3 unspecified atom stereocenters. The first kappa shape index (κ1) is 19.3. The quantitative estimate of drug-likeness (QED) is 0.685. The Kier molecular flexibility index (Phi) is 8.66. The molecule has 1 rings (SSSR count). The molecule has 0 bridgehead atoms. The van der Waals surface area contributed by atoms with Gasteiger partial charge in [0.05, 0.1) is 0 Å². The zero-order chi connectivity index (χ0) is 15.9. The van der Waals surface area contributed by atoms with Crippen LogP contribution in [0.15, 0.2) is 0 Å². The minimum Gasteiger partial charge on any atom is -0.314 e. The van der Waals surface area contributed by atoms with Gasteiger partial charge in [0.15, 0.2) is 0 Å². The summed E-state index contributed by atoms with van der Waals surface area (Å²) in [4.78, 5) is 2.65. The van der Waals surface area contributed by atoms with Crippen LogP contribution < -0.4 is 5.32 Å². The number of hydrogen-bond donors (Lipinski definition) is 1. The summed E-state index contributed by atoms with van der Waals surface area (Å²) in [5.41, 5.74) is 0.489. The average molecular weight is 315 g/mol. The summed E-state index contributed by atoms with van der Waals surface area (Å²) in [6.45, 7) is 11.8. The lowest BCUT2D eigenvalue weighted by atomic mass is 9.69. The largest absolute Gasteiger partial charge is 0.314 e. The van der Waals surface area contributed by atoms with Crippen LogP contribution in [0.4, 0.5) is 0 Å². The lowest BCUT2D eigenvalue weighted by Crippen LogP contribution is -2.49. The molecule has 1 fully saturated rings. The van der Waals surface area contributed by atoms with Gasteiger partial charge in [0, 0.05) is 30.9 Å². The maximum absolute atomic E-state index is 3.74. The molecule has 0 amide bonds. The van der Waals surface area contributed by atoms with E-state index in [9.17, 15) is 0 Å². The van der Waals surface area contributed by atoms with E-state index in [1.54, 1.807) is 0 Å². The van der Waals surface area contributed by atoms with Gasteiger partial charge in [-0.15, -0.1) is 0 Å². The third kappa shape index (κ3) is 6.50. The van der Waals surface area contributed by atoms with E-state index in [-0.39, 0.29) is 0 Å². The zero-order valence-corrected chi connectivity index (χ0v) is 16.1. The Morgan fingerprint density at radius 3 is 2.62 bits per heavy atom. The highest BCUT2D eigenvalue weighted by molar-refractivity contribution is 7.98. The van der Waals surface area contributed by atoms with Gasteiger partial charge in [-0.25, -0.2) is 0 Å². The standard InChI is InChI=1S/C18H38N2S/c1-7-17(12-21-6)20(5)14-18(13-19-15(2)3)10-8-9-16(4)11-18/h15-17,19H,7-14H2,1-6H3. The van der Waals surface area contributed by atoms with Gasteiger partial charge in [-0.2, -0.15) is 11.8 Å². The summed E-state index contributed by atoms with van der Waals surface area (Å²) in [6.07, 6.45) is 9.13. The van der Waals surface area contributed by atoms with Crippen LogP contribution in [0.5, 0.6) is 0 Å². The van der Waals surface area contributed by atoms with E-state index in [1.165, 1.54) is 50.9 Å². The van der Waals surface area contributed by atoms with E-state index in [0.29, 0.717) is 11.5 Å². The molecule has 1 N–H and O–H groups in total. The van der Waals surface area contributed by atoms with E-state index in [1.807, 2.05) is 11.8 Å². The Labute approximate surface area is 137 Å². The zero-order valence-electron chi connectivity index (χ0n) is 15.2. The lowest BCUT2D eigenvalue weighted by Gasteiger charge is -2.45. The van der Waals surface area contributed by atoms with Crippen molar-refractivity contribution < 1.29 is 0 Å². The average Bonchev–Trinajstić information content (AvgIpc) is 2.42. The van der Waals surface area contributed by atoms with Crippen LogP contribution in [0.1, 0.15) is 59.8 Å². The Hall–Kier alpha value is 0.270. The topological polar surface area (TPSA) is 15.3 Å². The van der Waals surface area contributed by atoms with Crippen LogP contribution >= 0.6 is 11.8 Å². The summed E-state index contributed by atoms with van der Waals surface area (Å²) >= 11 is 1.99. The van der Waals surface area contributed by atoms with Crippen molar-refractivity contribution in [1.29, 1.82) is 0 Å². The third-order valence-electron chi connectivity index (χ3n) is 5.11. The molecule has 3 atom stereocenters. The second-order valence-electron chi connectivity index (χ2n) is 7.67. The summed E-state index contributed by atoms with van der Waals surface area (Å²) < 4.78 is 0. The normalized spacial score (nSPS) is 28.3. The van der Waals surface area contributed by atoms with Crippen molar-refractivity contribution in [3.05, 3.63) is 0 Å². The van der Waals surface area contributed by atoms with Crippen LogP contribution in [0.2, 0.25) is 0 Å². The Bertz CT molecular complexity index is 282. The third-order valence-corrected chi connectivity index (χ3v) is 5.83. The fraction of sp³-hybridized carbons (Fsp3) is 1.00. The molecule has 1 aliphatic carbocycles. The number of nitrogens with one attached hydrogen (secondary N) is 1. The first-order valence-electron chi connectivity index (χ1n) is 8.85. The highest BCUT2D eigenvalue weighted by atomic mass is 32.2. The van der Waals surface area contributed by atoms with Gasteiger partial charge < -0.3 is 10.2 Å². The first-order valence-corrected chi connectivity index (χ1v) is 10.2. The number of hydrogen-bond acceptors (Lipinski definition) is 3. The van der Waals surface area contributed by atoms with Crippen molar-refractivity contribution in [3.8, 4) is 0 Å². The molecule has 1 aliphatic rings. The van der Waals surface area contributed by atoms with Gasteiger partial charge in [0.2, 0.25) is 0 Å². The van der Waals surface area contributed by atoms with Crippen molar-refractivity contribution in [2.24, 2.45) is 11.3 Å². The van der Waals surface area contributed by atoms with Crippen LogP contribution in [0, 0.1) is 11.3 Å². The predicted molar refractivity (Wildman–Crippen MR) is 98.3 cm³/mol. The fourth-order valence-electron chi connectivity index (χ4n) is 3.96. The van der Waals surface area contributed by atoms with Crippen LogP contribution in [-0.2, 0) is 0 Å². The van der Waals surface area contributed by atoms with Crippen molar-refractivity contribution in [2.75, 3.05) is 32.1 Å². The summed E-state index contributed by atoms with van der Waals surface area (Å²) in [7, 11) is 2.35. The van der Waals surface area contributed by atoms with Gasteiger partial charge in [-0.1, -0.05) is 40.5 Å². The molecule has 126 valence electrons. The Morgan fingerprint density at radius 1 is 1.38 bits per heavy atom. The maximum atomic E-state index is 3.74. The second kappa shape index (κ2) is 9.42. The van der Waals surface area contributed by atoms with Crippen molar-refractivity contribution in [2.45, 2.75) is 71.9 Å². The molecule has 0 spiro atoms. The van der Waals surface area contributed by atoms with Gasteiger partial charge in [-0.05, 0) is 43.9 Å². The highest BCUT2D eigenvalue weighted by Gasteiger charge is 2.36. The molecule has 0 aliphatic heterocycles. The van der Waals surface area contributed by atoms with Crippen molar-refractivity contribution in [3.63, 3.8) is 0 Å².